The van der Waals surface area contributed by atoms with Crippen LogP contribution in [0.3, 0.4) is 0 Å². The first-order valence-electron chi connectivity index (χ1n) is 6.06. The van der Waals surface area contributed by atoms with Gasteiger partial charge in [-0.25, -0.2) is 12.8 Å². The van der Waals surface area contributed by atoms with Crippen molar-refractivity contribution in [3.8, 4) is 5.75 Å². The van der Waals surface area contributed by atoms with Crippen molar-refractivity contribution in [2.45, 2.75) is 11.8 Å². The minimum Gasteiger partial charge on any atom is -0.497 e. The van der Waals surface area contributed by atoms with E-state index in [2.05, 4.69) is 4.72 Å². The van der Waals surface area contributed by atoms with E-state index in [4.69, 9.17) is 10.5 Å². The number of hydrogen-bond acceptors (Lipinski definition) is 4. The lowest BCUT2D eigenvalue weighted by molar-refractivity contribution is 0.414. The fourth-order valence-electron chi connectivity index (χ4n) is 1.82. The van der Waals surface area contributed by atoms with Gasteiger partial charge in [0.05, 0.1) is 18.5 Å². The number of hydrogen-bond donors (Lipinski definition) is 2. The molecule has 0 unspecified atom stereocenters. The minimum atomic E-state index is -3.98. The maximum atomic E-state index is 13.7. The number of halogens is 1. The van der Waals surface area contributed by atoms with Crippen LogP contribution in [0.4, 0.5) is 15.8 Å². The van der Waals surface area contributed by atoms with E-state index in [0.717, 1.165) is 11.6 Å². The topological polar surface area (TPSA) is 81.4 Å². The monoisotopic (exact) mass is 310 g/mol. The van der Waals surface area contributed by atoms with Gasteiger partial charge in [0.1, 0.15) is 16.5 Å². The smallest absolute Gasteiger partial charge is 0.264 e. The van der Waals surface area contributed by atoms with Gasteiger partial charge >= 0.3 is 0 Å². The molecule has 2 aromatic carbocycles. The van der Waals surface area contributed by atoms with Gasteiger partial charge in [-0.1, -0.05) is 6.07 Å². The van der Waals surface area contributed by atoms with Gasteiger partial charge in [0.25, 0.3) is 10.0 Å². The molecule has 0 aliphatic heterocycles. The van der Waals surface area contributed by atoms with Gasteiger partial charge in [-0.3, -0.25) is 4.72 Å². The van der Waals surface area contributed by atoms with Crippen molar-refractivity contribution in [2.24, 2.45) is 0 Å². The van der Waals surface area contributed by atoms with E-state index in [-0.39, 0.29) is 16.3 Å². The van der Waals surface area contributed by atoms with Gasteiger partial charge in [-0.15, -0.1) is 0 Å². The zero-order chi connectivity index (χ0) is 15.6. The molecule has 0 amide bonds. The number of rotatable bonds is 4. The summed E-state index contributed by atoms with van der Waals surface area (Å²) in [4.78, 5) is -0.102. The molecule has 5 nitrogen and oxygen atoms in total. The van der Waals surface area contributed by atoms with E-state index < -0.39 is 15.8 Å². The predicted molar refractivity (Wildman–Crippen MR) is 79.4 cm³/mol. The summed E-state index contributed by atoms with van der Waals surface area (Å²) in [7, 11) is -2.57. The van der Waals surface area contributed by atoms with Crippen molar-refractivity contribution in [2.75, 3.05) is 17.6 Å². The van der Waals surface area contributed by atoms with Gasteiger partial charge in [-0.2, -0.15) is 0 Å². The first-order chi connectivity index (χ1) is 9.83. The van der Waals surface area contributed by atoms with Crippen molar-refractivity contribution in [1.82, 2.24) is 0 Å². The van der Waals surface area contributed by atoms with Gasteiger partial charge in [0, 0.05) is 6.07 Å². The molecule has 112 valence electrons. The van der Waals surface area contributed by atoms with Crippen LogP contribution in [0.15, 0.2) is 41.3 Å². The Kier molecular flexibility index (Phi) is 4.04. The maximum absolute atomic E-state index is 13.7. The second-order valence-electron chi connectivity index (χ2n) is 4.49. The molecule has 21 heavy (non-hydrogen) atoms. The number of sulfonamides is 1. The van der Waals surface area contributed by atoms with E-state index in [9.17, 15) is 12.8 Å². The number of anilines is 2. The number of nitrogen functional groups attached to an aromatic ring is 1. The standard InChI is InChI=1S/C14H15FN2O3S/c1-9-3-6-14(12(16)7-9)21(18,19)17-13-8-10(20-2)4-5-11(13)15/h3-8,17H,16H2,1-2H3. The number of nitrogens with two attached hydrogens (primary N) is 1. The van der Waals surface area contributed by atoms with Gasteiger partial charge in [-0.05, 0) is 36.8 Å². The number of nitrogens with one attached hydrogen (secondary N) is 1. The summed E-state index contributed by atoms with van der Waals surface area (Å²) in [5, 5.41) is 0. The fourth-order valence-corrected chi connectivity index (χ4v) is 2.99. The summed E-state index contributed by atoms with van der Waals surface area (Å²) in [6.45, 7) is 1.79. The Morgan fingerprint density at radius 2 is 1.90 bits per heavy atom. The molecule has 2 rings (SSSR count). The Balaban J connectivity index is 2.42. The molecular formula is C14H15FN2O3S. The minimum absolute atomic E-state index is 0.102. The lowest BCUT2D eigenvalue weighted by Crippen LogP contribution is -2.15. The lowest BCUT2D eigenvalue weighted by atomic mass is 10.2. The van der Waals surface area contributed by atoms with E-state index in [1.165, 1.54) is 31.4 Å². The highest BCUT2D eigenvalue weighted by Gasteiger charge is 2.19. The van der Waals surface area contributed by atoms with Crippen LogP contribution in [0, 0.1) is 12.7 Å². The first-order valence-corrected chi connectivity index (χ1v) is 7.54. The molecule has 0 aliphatic rings. The van der Waals surface area contributed by atoms with Crippen molar-refractivity contribution < 1.29 is 17.5 Å². The zero-order valence-corrected chi connectivity index (χ0v) is 12.4. The Morgan fingerprint density at radius 1 is 1.19 bits per heavy atom. The summed E-state index contributed by atoms with van der Waals surface area (Å²) in [6, 6.07) is 8.31. The van der Waals surface area contributed by atoms with Crippen LogP contribution in [0.5, 0.6) is 5.75 Å². The average Bonchev–Trinajstić information content (AvgIpc) is 2.40. The van der Waals surface area contributed by atoms with Crippen LogP contribution in [0.2, 0.25) is 0 Å². The highest BCUT2D eigenvalue weighted by molar-refractivity contribution is 7.92. The Bertz CT molecular complexity index is 776. The van der Waals surface area contributed by atoms with E-state index in [1.807, 2.05) is 0 Å². The largest absolute Gasteiger partial charge is 0.497 e. The fraction of sp³-hybridized carbons (Fsp3) is 0.143. The Hall–Kier alpha value is -2.28. The molecule has 0 bridgehead atoms. The van der Waals surface area contributed by atoms with Crippen molar-refractivity contribution in [1.29, 1.82) is 0 Å². The molecule has 0 aromatic heterocycles. The van der Waals surface area contributed by atoms with E-state index >= 15 is 0 Å². The molecule has 3 N–H and O–H groups in total. The van der Waals surface area contributed by atoms with Crippen molar-refractivity contribution in [3.05, 3.63) is 47.8 Å². The molecule has 0 fully saturated rings. The third-order valence-corrected chi connectivity index (χ3v) is 4.31. The lowest BCUT2D eigenvalue weighted by Gasteiger charge is -2.12. The summed E-state index contributed by atoms with van der Waals surface area (Å²) in [5.74, 6) is -0.365. The molecule has 0 saturated heterocycles. The third kappa shape index (κ3) is 3.25. The van der Waals surface area contributed by atoms with Crippen LogP contribution in [0.25, 0.3) is 0 Å². The van der Waals surface area contributed by atoms with Crippen LogP contribution in [-0.2, 0) is 10.0 Å². The van der Waals surface area contributed by atoms with Crippen LogP contribution < -0.4 is 15.2 Å². The van der Waals surface area contributed by atoms with Gasteiger partial charge < -0.3 is 10.5 Å². The van der Waals surface area contributed by atoms with Crippen LogP contribution >= 0.6 is 0 Å². The molecule has 0 heterocycles. The van der Waals surface area contributed by atoms with Gasteiger partial charge in [0.2, 0.25) is 0 Å². The quantitative estimate of drug-likeness (QED) is 0.850. The molecular weight excluding hydrogens is 295 g/mol. The highest BCUT2D eigenvalue weighted by Crippen LogP contribution is 2.26. The average molecular weight is 310 g/mol. The summed E-state index contributed by atoms with van der Waals surface area (Å²) in [5.41, 5.74) is 6.45. The molecule has 2 aromatic rings. The number of aryl methyl sites for hydroxylation is 1. The highest BCUT2D eigenvalue weighted by atomic mass is 32.2. The first kappa shape index (κ1) is 15.1. The van der Waals surface area contributed by atoms with E-state index in [1.54, 1.807) is 13.0 Å². The summed E-state index contributed by atoms with van der Waals surface area (Å²) >= 11 is 0. The molecule has 0 saturated carbocycles. The Morgan fingerprint density at radius 3 is 2.52 bits per heavy atom. The van der Waals surface area contributed by atoms with Crippen LogP contribution in [-0.4, -0.2) is 15.5 Å². The van der Waals surface area contributed by atoms with E-state index in [0.29, 0.717) is 5.75 Å². The number of methoxy groups -OCH3 is 1. The SMILES string of the molecule is COc1ccc(F)c(NS(=O)(=O)c2ccc(C)cc2N)c1. The molecule has 0 spiro atoms. The van der Waals surface area contributed by atoms with Gasteiger partial charge in [0.15, 0.2) is 0 Å². The zero-order valence-electron chi connectivity index (χ0n) is 11.6. The predicted octanol–water partition coefficient (Wildman–Crippen LogP) is 2.53. The summed E-state index contributed by atoms with van der Waals surface area (Å²) in [6.07, 6.45) is 0. The normalized spacial score (nSPS) is 11.2. The third-order valence-electron chi connectivity index (χ3n) is 2.87. The molecule has 0 atom stereocenters. The Labute approximate surface area is 122 Å². The van der Waals surface area contributed by atoms with Crippen LogP contribution in [0.1, 0.15) is 5.56 Å². The second-order valence-corrected chi connectivity index (χ2v) is 6.14. The molecule has 0 aliphatic carbocycles. The van der Waals surface area contributed by atoms with Crippen molar-refractivity contribution in [3.63, 3.8) is 0 Å². The van der Waals surface area contributed by atoms with Crippen molar-refractivity contribution >= 4 is 21.4 Å². The molecule has 0 radical (unpaired) electrons. The molecule has 7 heteroatoms. The summed E-state index contributed by atoms with van der Waals surface area (Å²) < 4.78 is 45.4. The maximum Gasteiger partial charge on any atom is 0.264 e. The number of ether oxygens (including phenoxy) is 1. The second kappa shape index (κ2) is 5.61. The number of benzene rings is 2.